The first-order valence-corrected chi connectivity index (χ1v) is 8.05. The number of rotatable bonds is 7. The van der Waals surface area contributed by atoms with Crippen LogP contribution in [0.15, 0.2) is 0 Å². The third-order valence-corrected chi connectivity index (χ3v) is 3.86. The van der Waals surface area contributed by atoms with Gasteiger partial charge in [0.05, 0.1) is 18.3 Å². The number of morpholine rings is 1. The van der Waals surface area contributed by atoms with E-state index in [2.05, 4.69) is 31.0 Å². The molecule has 0 aromatic heterocycles. The van der Waals surface area contributed by atoms with Gasteiger partial charge in [-0.25, -0.2) is 0 Å². The molecule has 0 aliphatic carbocycles. The summed E-state index contributed by atoms with van der Waals surface area (Å²) < 4.78 is 11.1. The number of carbonyl (C=O) groups excluding carboxylic acids is 1. The first kappa shape index (κ1) is 18.4. The van der Waals surface area contributed by atoms with Gasteiger partial charge >= 0.3 is 5.97 Å². The second-order valence-electron chi connectivity index (χ2n) is 6.76. The van der Waals surface area contributed by atoms with Crippen molar-refractivity contribution in [2.24, 2.45) is 0 Å². The maximum Gasteiger partial charge on any atom is 0.326 e. The maximum absolute atomic E-state index is 12.2. The lowest BCUT2D eigenvalue weighted by Crippen LogP contribution is -2.56. The van der Waals surface area contributed by atoms with Crippen LogP contribution in [0.4, 0.5) is 0 Å². The Labute approximate surface area is 129 Å². The Morgan fingerprint density at radius 3 is 2.67 bits per heavy atom. The summed E-state index contributed by atoms with van der Waals surface area (Å²) in [4.78, 5) is 14.6. The van der Waals surface area contributed by atoms with E-state index < -0.39 is 5.54 Å². The van der Waals surface area contributed by atoms with Crippen molar-refractivity contribution < 1.29 is 14.3 Å². The molecule has 2 atom stereocenters. The minimum Gasteiger partial charge on any atom is -0.465 e. The largest absolute Gasteiger partial charge is 0.465 e. The van der Waals surface area contributed by atoms with Gasteiger partial charge in [-0.1, -0.05) is 6.92 Å². The molecule has 1 aliphatic rings. The molecule has 1 heterocycles. The smallest absolute Gasteiger partial charge is 0.326 e. The van der Waals surface area contributed by atoms with E-state index in [9.17, 15) is 4.79 Å². The number of nitrogens with one attached hydrogen (secondary N) is 1. The van der Waals surface area contributed by atoms with Crippen molar-refractivity contribution in [3.8, 4) is 0 Å². The first-order valence-electron chi connectivity index (χ1n) is 8.05. The van der Waals surface area contributed by atoms with Gasteiger partial charge in [-0.3, -0.25) is 9.69 Å². The molecule has 0 aromatic carbocycles. The Bertz CT molecular complexity index is 346. The fraction of sp³-hybridized carbons (Fsp3) is 0.938. The maximum atomic E-state index is 12.2. The highest BCUT2D eigenvalue weighted by Crippen LogP contribution is 2.22. The minimum absolute atomic E-state index is 0.129. The second-order valence-corrected chi connectivity index (χ2v) is 6.76. The van der Waals surface area contributed by atoms with E-state index in [1.54, 1.807) is 0 Å². The molecule has 0 bridgehead atoms. The summed E-state index contributed by atoms with van der Waals surface area (Å²) in [5.41, 5.74) is -0.743. The van der Waals surface area contributed by atoms with Crippen molar-refractivity contribution in [3.05, 3.63) is 0 Å². The number of nitrogens with zero attached hydrogens (tertiary/aromatic N) is 1. The summed E-state index contributed by atoms with van der Waals surface area (Å²) in [5, 5.41) is 3.28. The molecule has 0 spiro atoms. The van der Waals surface area contributed by atoms with Crippen molar-refractivity contribution >= 4 is 5.97 Å². The van der Waals surface area contributed by atoms with Gasteiger partial charge < -0.3 is 14.8 Å². The Kier molecular flexibility index (Phi) is 6.63. The lowest BCUT2D eigenvalue weighted by Gasteiger charge is -2.42. The van der Waals surface area contributed by atoms with Gasteiger partial charge in [0.15, 0.2) is 0 Å². The van der Waals surface area contributed by atoms with E-state index in [0.29, 0.717) is 6.61 Å². The van der Waals surface area contributed by atoms with E-state index in [4.69, 9.17) is 9.47 Å². The fourth-order valence-electron chi connectivity index (χ4n) is 3.08. The summed E-state index contributed by atoms with van der Waals surface area (Å²) in [7, 11) is 0. The predicted molar refractivity (Wildman–Crippen MR) is 84.4 cm³/mol. The van der Waals surface area contributed by atoms with E-state index in [0.717, 1.165) is 32.6 Å². The van der Waals surface area contributed by atoms with E-state index in [-0.39, 0.29) is 17.7 Å². The lowest BCUT2D eigenvalue weighted by atomic mass is 9.96. The molecule has 124 valence electrons. The van der Waals surface area contributed by atoms with Crippen LogP contribution in [0.2, 0.25) is 0 Å². The van der Waals surface area contributed by atoms with Gasteiger partial charge in [0.25, 0.3) is 0 Å². The van der Waals surface area contributed by atoms with E-state index in [1.165, 1.54) is 0 Å². The van der Waals surface area contributed by atoms with Crippen LogP contribution in [0.5, 0.6) is 0 Å². The molecule has 1 aliphatic heterocycles. The van der Waals surface area contributed by atoms with Crippen molar-refractivity contribution in [3.63, 3.8) is 0 Å². The van der Waals surface area contributed by atoms with Crippen molar-refractivity contribution in [1.29, 1.82) is 0 Å². The van der Waals surface area contributed by atoms with Crippen LogP contribution >= 0.6 is 0 Å². The van der Waals surface area contributed by atoms with Gasteiger partial charge in [-0.05, 0) is 47.6 Å². The second kappa shape index (κ2) is 7.56. The van der Waals surface area contributed by atoms with Crippen molar-refractivity contribution in [2.75, 3.05) is 32.8 Å². The van der Waals surface area contributed by atoms with Gasteiger partial charge in [-0.2, -0.15) is 0 Å². The van der Waals surface area contributed by atoms with E-state index in [1.807, 2.05) is 20.8 Å². The number of hydrogen-bond acceptors (Lipinski definition) is 5. The Morgan fingerprint density at radius 1 is 1.48 bits per heavy atom. The van der Waals surface area contributed by atoms with Crippen LogP contribution in [0, 0.1) is 0 Å². The molecule has 0 radical (unpaired) electrons. The molecule has 2 unspecified atom stereocenters. The van der Waals surface area contributed by atoms with Gasteiger partial charge in [-0.15, -0.1) is 0 Å². The minimum atomic E-state index is -0.615. The molecule has 1 saturated heterocycles. The fourth-order valence-corrected chi connectivity index (χ4v) is 3.08. The molecule has 1 fully saturated rings. The normalized spacial score (nSPS) is 25.3. The molecule has 0 amide bonds. The molecule has 1 rings (SSSR count). The number of hydrogen-bond donors (Lipinski definition) is 1. The summed E-state index contributed by atoms with van der Waals surface area (Å²) in [5.74, 6) is -0.160. The monoisotopic (exact) mass is 300 g/mol. The van der Waals surface area contributed by atoms with Gasteiger partial charge in [0.1, 0.15) is 5.54 Å². The van der Waals surface area contributed by atoms with E-state index >= 15 is 0 Å². The zero-order valence-corrected chi connectivity index (χ0v) is 14.5. The summed E-state index contributed by atoms with van der Waals surface area (Å²) in [6.45, 7) is 16.0. The van der Waals surface area contributed by atoms with Gasteiger partial charge in [0.2, 0.25) is 0 Å². The van der Waals surface area contributed by atoms with Crippen molar-refractivity contribution in [2.45, 2.75) is 65.2 Å². The average molecular weight is 300 g/mol. The molecular weight excluding hydrogens is 268 g/mol. The number of likely N-dealkylation sites (N-methyl/N-ethyl adjacent to an activating group) is 1. The third kappa shape index (κ3) is 5.57. The predicted octanol–water partition coefficient (Wildman–Crippen LogP) is 1.81. The van der Waals surface area contributed by atoms with Crippen molar-refractivity contribution in [1.82, 2.24) is 10.2 Å². The topological polar surface area (TPSA) is 50.8 Å². The lowest BCUT2D eigenvalue weighted by molar-refractivity contribution is -0.152. The highest BCUT2D eigenvalue weighted by molar-refractivity contribution is 5.80. The highest BCUT2D eigenvalue weighted by Gasteiger charge is 2.36. The summed E-state index contributed by atoms with van der Waals surface area (Å²) in [6.07, 6.45) is 0.962. The number of ether oxygens (including phenoxy) is 2. The zero-order valence-electron chi connectivity index (χ0n) is 14.5. The van der Waals surface area contributed by atoms with Crippen LogP contribution in [-0.2, 0) is 14.3 Å². The van der Waals surface area contributed by atoms with Crippen LogP contribution < -0.4 is 5.32 Å². The molecule has 0 saturated carbocycles. The molecule has 5 heteroatoms. The Hall–Kier alpha value is -0.650. The molecule has 1 N–H and O–H groups in total. The molecule has 0 aromatic rings. The molecule has 5 nitrogen and oxygen atoms in total. The SMILES string of the molecule is CCNC(C)(CCN1CC(C)OC(C)(C)C1)C(=O)OCC. The number of esters is 1. The first-order chi connectivity index (χ1) is 9.72. The quantitative estimate of drug-likeness (QED) is 0.727. The van der Waals surface area contributed by atoms with Crippen LogP contribution in [0.1, 0.15) is 48.0 Å². The van der Waals surface area contributed by atoms with Crippen LogP contribution in [0.3, 0.4) is 0 Å². The summed E-state index contributed by atoms with van der Waals surface area (Å²) >= 11 is 0. The highest BCUT2D eigenvalue weighted by atomic mass is 16.5. The summed E-state index contributed by atoms with van der Waals surface area (Å²) in [6, 6.07) is 0. The third-order valence-electron chi connectivity index (χ3n) is 3.86. The van der Waals surface area contributed by atoms with Gasteiger partial charge in [0, 0.05) is 19.6 Å². The Morgan fingerprint density at radius 2 is 2.14 bits per heavy atom. The van der Waals surface area contributed by atoms with Crippen LogP contribution in [0.25, 0.3) is 0 Å². The number of carbonyl (C=O) groups is 1. The average Bonchev–Trinajstić information content (AvgIpc) is 2.34. The molecule has 21 heavy (non-hydrogen) atoms. The Balaban J connectivity index is 2.62. The standard InChI is InChI=1S/C16H32N2O3/c1-7-17-16(6,14(19)20-8-2)9-10-18-11-13(3)21-15(4,5)12-18/h13,17H,7-12H2,1-6H3. The molecular formula is C16H32N2O3. The zero-order chi connectivity index (χ0) is 16.1. The van der Waals surface area contributed by atoms with Crippen LogP contribution in [-0.4, -0.2) is 60.9 Å².